The number of benzene rings is 1. The fraction of sp³-hybridized carbons (Fsp3) is 0.524. The fourth-order valence-electron chi connectivity index (χ4n) is 2.99. The van der Waals surface area contributed by atoms with Crippen molar-refractivity contribution in [3.05, 3.63) is 34.6 Å². The number of amides is 1. The molecule has 0 bridgehead atoms. The Morgan fingerprint density at radius 1 is 1.24 bits per heavy atom. The predicted molar refractivity (Wildman–Crippen MR) is 115 cm³/mol. The molecule has 29 heavy (non-hydrogen) atoms. The first-order valence-electron chi connectivity index (χ1n) is 9.79. The van der Waals surface area contributed by atoms with Gasteiger partial charge in [0.15, 0.2) is 5.16 Å². The molecule has 0 spiro atoms. The summed E-state index contributed by atoms with van der Waals surface area (Å²) >= 11 is 1.20. The number of thioether (sulfide) groups is 1. The summed E-state index contributed by atoms with van der Waals surface area (Å²) in [5, 5.41) is 3.79. The number of carbonyl (C=O) groups excluding carboxylic acids is 2. The molecule has 2 atom stereocenters. The second-order valence-corrected chi connectivity index (χ2v) is 8.35. The lowest BCUT2D eigenvalue weighted by Gasteiger charge is -2.20. The number of aromatic nitrogens is 2. The van der Waals surface area contributed by atoms with Crippen LogP contribution in [-0.4, -0.2) is 40.3 Å². The monoisotopic (exact) mass is 419 g/mol. The van der Waals surface area contributed by atoms with E-state index in [2.05, 4.69) is 10.3 Å². The van der Waals surface area contributed by atoms with E-state index in [4.69, 9.17) is 4.74 Å². The first-order valence-corrected chi connectivity index (χ1v) is 10.8. The molecular formula is C21H29N3O4S. The van der Waals surface area contributed by atoms with E-state index in [-0.39, 0.29) is 29.2 Å². The van der Waals surface area contributed by atoms with Crippen molar-refractivity contribution in [2.45, 2.75) is 57.8 Å². The van der Waals surface area contributed by atoms with E-state index in [9.17, 15) is 14.4 Å². The van der Waals surface area contributed by atoms with E-state index >= 15 is 0 Å². The number of hydrogen-bond acceptors (Lipinski definition) is 6. The maximum atomic E-state index is 13.0. The minimum absolute atomic E-state index is 0.0473. The zero-order valence-electron chi connectivity index (χ0n) is 17.6. The van der Waals surface area contributed by atoms with E-state index in [1.165, 1.54) is 18.9 Å². The fourth-order valence-corrected chi connectivity index (χ4v) is 3.90. The minimum atomic E-state index is -0.686. The summed E-state index contributed by atoms with van der Waals surface area (Å²) in [4.78, 5) is 42.0. The van der Waals surface area contributed by atoms with Gasteiger partial charge >= 0.3 is 5.97 Å². The molecule has 8 heteroatoms. The third-order valence-corrected chi connectivity index (χ3v) is 5.62. The van der Waals surface area contributed by atoms with Crippen LogP contribution in [0.2, 0.25) is 0 Å². The summed E-state index contributed by atoms with van der Waals surface area (Å²) in [5.74, 6) is -0.487. The van der Waals surface area contributed by atoms with Gasteiger partial charge in [0, 0.05) is 6.04 Å². The van der Waals surface area contributed by atoms with Crippen LogP contribution in [0.15, 0.2) is 34.2 Å². The predicted octanol–water partition coefficient (Wildman–Crippen LogP) is 3.16. The van der Waals surface area contributed by atoms with Gasteiger partial charge in [-0.3, -0.25) is 14.2 Å². The molecule has 0 unspecified atom stereocenters. The van der Waals surface area contributed by atoms with Gasteiger partial charge in [-0.05, 0) is 37.8 Å². The lowest BCUT2D eigenvalue weighted by Crippen LogP contribution is -2.43. The Morgan fingerprint density at radius 2 is 1.93 bits per heavy atom. The molecule has 1 aromatic heterocycles. The lowest BCUT2D eigenvalue weighted by atomic mass is 10.0. The van der Waals surface area contributed by atoms with Crippen molar-refractivity contribution in [1.29, 1.82) is 0 Å². The van der Waals surface area contributed by atoms with Gasteiger partial charge in [0.1, 0.15) is 6.04 Å². The second kappa shape index (κ2) is 10.4. The molecule has 0 saturated heterocycles. The highest BCUT2D eigenvalue weighted by atomic mass is 32.2. The Bertz CT molecular complexity index is 926. The van der Waals surface area contributed by atoms with Crippen molar-refractivity contribution < 1.29 is 14.3 Å². The quantitative estimate of drug-likeness (QED) is 0.381. The molecule has 0 fully saturated rings. The van der Waals surface area contributed by atoms with Crippen molar-refractivity contribution in [3.63, 3.8) is 0 Å². The second-order valence-electron chi connectivity index (χ2n) is 7.41. The molecule has 2 rings (SSSR count). The van der Waals surface area contributed by atoms with Gasteiger partial charge in [0.2, 0.25) is 5.91 Å². The minimum Gasteiger partial charge on any atom is -0.467 e. The van der Waals surface area contributed by atoms with Crippen molar-refractivity contribution in [3.8, 4) is 0 Å². The number of ether oxygens (including phenoxy) is 1. The zero-order valence-corrected chi connectivity index (χ0v) is 18.4. The van der Waals surface area contributed by atoms with Crippen LogP contribution in [0.25, 0.3) is 10.9 Å². The average Bonchev–Trinajstić information content (AvgIpc) is 2.70. The molecule has 0 aliphatic rings. The Kier molecular flexibility index (Phi) is 8.25. The van der Waals surface area contributed by atoms with Gasteiger partial charge < -0.3 is 10.1 Å². The number of nitrogens with one attached hydrogen (secondary N) is 1. The normalized spacial score (nSPS) is 13.3. The molecule has 0 aliphatic heterocycles. The molecule has 0 radical (unpaired) electrons. The highest BCUT2D eigenvalue weighted by molar-refractivity contribution is 7.99. The average molecular weight is 420 g/mol. The standard InChI is InChI=1S/C21H29N3O4S/c1-6-14(4)24-19(26)15-9-7-8-10-16(15)23-21(24)29-12-18(25)22-17(11-13(2)3)20(27)28-5/h7-10,13-14,17H,6,11-12H2,1-5H3,(H,22,25)/t14-,17-/m0/s1. The highest BCUT2D eigenvalue weighted by Crippen LogP contribution is 2.22. The van der Waals surface area contributed by atoms with Crippen LogP contribution < -0.4 is 10.9 Å². The van der Waals surface area contributed by atoms with Gasteiger partial charge in [-0.25, -0.2) is 9.78 Å². The summed E-state index contributed by atoms with van der Waals surface area (Å²) < 4.78 is 6.43. The Labute approximate surface area is 175 Å². The highest BCUT2D eigenvalue weighted by Gasteiger charge is 2.23. The van der Waals surface area contributed by atoms with E-state index in [1.54, 1.807) is 16.7 Å². The third-order valence-electron chi connectivity index (χ3n) is 4.67. The van der Waals surface area contributed by atoms with Crippen molar-refractivity contribution in [2.24, 2.45) is 5.92 Å². The topological polar surface area (TPSA) is 90.3 Å². The molecule has 1 amide bonds. The Balaban J connectivity index is 2.23. The van der Waals surface area contributed by atoms with Crippen LogP contribution >= 0.6 is 11.8 Å². The van der Waals surface area contributed by atoms with Crippen molar-refractivity contribution in [2.75, 3.05) is 12.9 Å². The van der Waals surface area contributed by atoms with Crippen LogP contribution in [0, 0.1) is 5.92 Å². The first-order chi connectivity index (χ1) is 13.8. The molecule has 0 aliphatic carbocycles. The van der Waals surface area contributed by atoms with Crippen molar-refractivity contribution >= 4 is 34.5 Å². The number of esters is 1. The first kappa shape index (κ1) is 22.9. The molecule has 1 heterocycles. The number of methoxy groups -OCH3 is 1. The van der Waals surface area contributed by atoms with E-state index in [0.717, 1.165) is 6.42 Å². The summed E-state index contributed by atoms with van der Waals surface area (Å²) in [6, 6.07) is 6.46. The number of carbonyl (C=O) groups is 2. The molecule has 158 valence electrons. The van der Waals surface area contributed by atoms with Gasteiger partial charge in [0.25, 0.3) is 5.56 Å². The Morgan fingerprint density at radius 3 is 2.55 bits per heavy atom. The maximum Gasteiger partial charge on any atom is 0.328 e. The smallest absolute Gasteiger partial charge is 0.328 e. The summed E-state index contributed by atoms with van der Waals surface area (Å²) in [7, 11) is 1.31. The van der Waals surface area contributed by atoms with Gasteiger partial charge in [0.05, 0.1) is 23.8 Å². The van der Waals surface area contributed by atoms with Crippen molar-refractivity contribution in [1.82, 2.24) is 14.9 Å². The SMILES string of the molecule is CC[C@H](C)n1c(SCC(=O)N[C@@H](CC(C)C)C(=O)OC)nc2ccccc2c1=O. The van der Waals surface area contributed by atoms with E-state index in [0.29, 0.717) is 22.5 Å². The van der Waals surface area contributed by atoms with Gasteiger partial charge in [-0.2, -0.15) is 0 Å². The molecular weight excluding hydrogens is 390 g/mol. The third kappa shape index (κ3) is 5.82. The van der Waals surface area contributed by atoms with Crippen LogP contribution in [0.1, 0.15) is 46.6 Å². The Hall–Kier alpha value is -2.35. The molecule has 7 nitrogen and oxygen atoms in total. The summed E-state index contributed by atoms with van der Waals surface area (Å²) in [6.07, 6.45) is 1.26. The van der Waals surface area contributed by atoms with Gasteiger partial charge in [-0.15, -0.1) is 0 Å². The molecule has 1 aromatic carbocycles. The number of fused-ring (bicyclic) bond motifs is 1. The molecule has 0 saturated carbocycles. The maximum absolute atomic E-state index is 13.0. The number of nitrogens with zero attached hydrogens (tertiary/aromatic N) is 2. The van der Waals surface area contributed by atoms with Crippen LogP contribution in [0.5, 0.6) is 0 Å². The summed E-state index contributed by atoms with van der Waals surface area (Å²) in [6.45, 7) is 7.90. The lowest BCUT2D eigenvalue weighted by molar-refractivity contribution is -0.145. The van der Waals surface area contributed by atoms with E-state index in [1.807, 2.05) is 39.8 Å². The number of hydrogen-bond donors (Lipinski definition) is 1. The van der Waals surface area contributed by atoms with Crippen LogP contribution in [-0.2, 0) is 14.3 Å². The summed E-state index contributed by atoms with van der Waals surface area (Å²) in [5.41, 5.74) is 0.493. The van der Waals surface area contributed by atoms with Gasteiger partial charge in [-0.1, -0.05) is 44.7 Å². The zero-order chi connectivity index (χ0) is 21.6. The number of rotatable bonds is 9. The number of para-hydroxylation sites is 1. The molecule has 2 aromatic rings. The van der Waals surface area contributed by atoms with Crippen LogP contribution in [0.3, 0.4) is 0 Å². The molecule has 1 N–H and O–H groups in total. The van der Waals surface area contributed by atoms with E-state index < -0.39 is 12.0 Å². The largest absolute Gasteiger partial charge is 0.467 e. The van der Waals surface area contributed by atoms with Crippen LogP contribution in [0.4, 0.5) is 0 Å².